The SMILES string of the molecule is Cc1csc(CN(CCO)Cc2ccccc2Br)n1. The Morgan fingerprint density at radius 2 is 2.11 bits per heavy atom. The van der Waals surface area contributed by atoms with Gasteiger partial charge in [-0.25, -0.2) is 4.98 Å². The zero-order valence-electron chi connectivity index (χ0n) is 10.8. The molecule has 1 aromatic carbocycles. The van der Waals surface area contributed by atoms with Gasteiger partial charge < -0.3 is 5.11 Å². The lowest BCUT2D eigenvalue weighted by Crippen LogP contribution is -2.26. The highest BCUT2D eigenvalue weighted by Gasteiger charge is 2.10. The van der Waals surface area contributed by atoms with E-state index >= 15 is 0 Å². The number of aliphatic hydroxyl groups excluding tert-OH is 1. The second kappa shape index (κ2) is 7.14. The van der Waals surface area contributed by atoms with Crippen LogP contribution in [0.1, 0.15) is 16.3 Å². The van der Waals surface area contributed by atoms with E-state index in [1.54, 1.807) is 11.3 Å². The van der Waals surface area contributed by atoms with Crippen LogP contribution in [0.4, 0.5) is 0 Å². The molecule has 0 radical (unpaired) electrons. The van der Waals surface area contributed by atoms with Gasteiger partial charge in [-0.2, -0.15) is 0 Å². The number of thiazole rings is 1. The molecule has 0 unspecified atom stereocenters. The fraction of sp³-hybridized carbons (Fsp3) is 0.357. The highest BCUT2D eigenvalue weighted by Crippen LogP contribution is 2.19. The number of aliphatic hydroxyl groups is 1. The maximum atomic E-state index is 9.20. The van der Waals surface area contributed by atoms with Gasteiger partial charge in [-0.3, -0.25) is 4.90 Å². The first-order valence-corrected chi connectivity index (χ1v) is 7.84. The van der Waals surface area contributed by atoms with Crippen molar-refractivity contribution in [2.45, 2.75) is 20.0 Å². The molecule has 3 nitrogen and oxygen atoms in total. The normalized spacial score (nSPS) is 11.2. The second-order valence-electron chi connectivity index (χ2n) is 4.41. The van der Waals surface area contributed by atoms with Crippen LogP contribution in [0.15, 0.2) is 34.1 Å². The van der Waals surface area contributed by atoms with E-state index in [9.17, 15) is 5.11 Å². The lowest BCUT2D eigenvalue weighted by atomic mass is 10.2. The maximum absolute atomic E-state index is 9.20. The predicted molar refractivity (Wildman–Crippen MR) is 82.2 cm³/mol. The Hall–Kier alpha value is -0.750. The first kappa shape index (κ1) is 14.7. The van der Waals surface area contributed by atoms with Gasteiger partial charge in [-0.05, 0) is 18.6 Å². The van der Waals surface area contributed by atoms with E-state index < -0.39 is 0 Å². The van der Waals surface area contributed by atoms with Gasteiger partial charge in [0.1, 0.15) is 5.01 Å². The Kier molecular flexibility index (Phi) is 5.51. The van der Waals surface area contributed by atoms with E-state index in [-0.39, 0.29) is 6.61 Å². The largest absolute Gasteiger partial charge is 0.395 e. The van der Waals surface area contributed by atoms with Crippen LogP contribution in [-0.4, -0.2) is 28.1 Å². The zero-order chi connectivity index (χ0) is 13.7. The van der Waals surface area contributed by atoms with Gasteiger partial charge in [0.25, 0.3) is 0 Å². The van der Waals surface area contributed by atoms with E-state index in [4.69, 9.17) is 0 Å². The Balaban J connectivity index is 2.06. The molecule has 0 aliphatic carbocycles. The van der Waals surface area contributed by atoms with Crippen LogP contribution < -0.4 is 0 Å². The molecule has 102 valence electrons. The van der Waals surface area contributed by atoms with Gasteiger partial charge in [-0.1, -0.05) is 34.1 Å². The van der Waals surface area contributed by atoms with Crippen LogP contribution in [0.3, 0.4) is 0 Å². The quantitative estimate of drug-likeness (QED) is 0.877. The minimum absolute atomic E-state index is 0.162. The van der Waals surface area contributed by atoms with E-state index in [2.05, 4.69) is 37.3 Å². The summed E-state index contributed by atoms with van der Waals surface area (Å²) in [5.74, 6) is 0. The van der Waals surface area contributed by atoms with Crippen LogP contribution in [-0.2, 0) is 13.1 Å². The summed E-state index contributed by atoms with van der Waals surface area (Å²) in [7, 11) is 0. The van der Waals surface area contributed by atoms with Crippen LogP contribution >= 0.6 is 27.3 Å². The molecule has 0 amide bonds. The number of benzene rings is 1. The molecule has 0 fully saturated rings. The van der Waals surface area contributed by atoms with E-state index in [1.807, 2.05) is 25.1 Å². The summed E-state index contributed by atoms with van der Waals surface area (Å²) < 4.78 is 1.10. The molecule has 0 aliphatic heterocycles. The third-order valence-corrected chi connectivity index (χ3v) is 4.52. The molecule has 0 atom stereocenters. The van der Waals surface area contributed by atoms with Crippen molar-refractivity contribution >= 4 is 27.3 Å². The van der Waals surface area contributed by atoms with Crippen molar-refractivity contribution < 1.29 is 5.11 Å². The fourth-order valence-corrected chi connectivity index (χ4v) is 3.11. The molecule has 2 rings (SSSR count). The lowest BCUT2D eigenvalue weighted by molar-refractivity contribution is 0.184. The first-order valence-electron chi connectivity index (χ1n) is 6.16. The van der Waals surface area contributed by atoms with Gasteiger partial charge in [-0.15, -0.1) is 11.3 Å². The van der Waals surface area contributed by atoms with Crippen LogP contribution in [0.2, 0.25) is 0 Å². The topological polar surface area (TPSA) is 36.4 Å². The molecular formula is C14H17BrN2OS. The monoisotopic (exact) mass is 340 g/mol. The summed E-state index contributed by atoms with van der Waals surface area (Å²) in [6, 6.07) is 8.18. The van der Waals surface area contributed by atoms with E-state index in [1.165, 1.54) is 5.56 Å². The summed E-state index contributed by atoms with van der Waals surface area (Å²) >= 11 is 5.24. The van der Waals surface area contributed by atoms with Crippen molar-refractivity contribution in [2.75, 3.05) is 13.2 Å². The van der Waals surface area contributed by atoms with Gasteiger partial charge in [0.05, 0.1) is 13.2 Å². The Morgan fingerprint density at radius 1 is 1.32 bits per heavy atom. The van der Waals surface area contributed by atoms with Crippen LogP contribution in [0.25, 0.3) is 0 Å². The van der Waals surface area contributed by atoms with Gasteiger partial charge in [0, 0.05) is 28.6 Å². The Labute approximate surface area is 126 Å². The third-order valence-electron chi connectivity index (χ3n) is 2.79. The molecule has 0 saturated carbocycles. The maximum Gasteiger partial charge on any atom is 0.107 e. The molecule has 0 aliphatic rings. The second-order valence-corrected chi connectivity index (χ2v) is 6.21. The molecule has 1 N–H and O–H groups in total. The van der Waals surface area contributed by atoms with Crippen LogP contribution in [0.5, 0.6) is 0 Å². The molecule has 1 heterocycles. The molecule has 0 bridgehead atoms. The van der Waals surface area contributed by atoms with Crippen molar-refractivity contribution in [1.29, 1.82) is 0 Å². The zero-order valence-corrected chi connectivity index (χ0v) is 13.2. The summed E-state index contributed by atoms with van der Waals surface area (Å²) in [4.78, 5) is 6.69. The van der Waals surface area contributed by atoms with Gasteiger partial charge in [0.2, 0.25) is 0 Å². The molecule has 19 heavy (non-hydrogen) atoms. The van der Waals surface area contributed by atoms with E-state index in [0.717, 1.165) is 28.3 Å². The van der Waals surface area contributed by atoms with Crippen molar-refractivity contribution in [2.24, 2.45) is 0 Å². The summed E-state index contributed by atoms with van der Waals surface area (Å²) in [6.07, 6.45) is 0. The molecule has 2 aromatic rings. The number of nitrogens with zero attached hydrogens (tertiary/aromatic N) is 2. The minimum atomic E-state index is 0.162. The Bertz CT molecular complexity index is 530. The van der Waals surface area contributed by atoms with Crippen molar-refractivity contribution in [3.8, 4) is 0 Å². The van der Waals surface area contributed by atoms with Crippen molar-refractivity contribution in [3.63, 3.8) is 0 Å². The fourth-order valence-electron chi connectivity index (χ4n) is 1.89. The Morgan fingerprint density at radius 3 is 2.74 bits per heavy atom. The summed E-state index contributed by atoms with van der Waals surface area (Å²) in [5, 5.41) is 12.4. The summed E-state index contributed by atoms with van der Waals surface area (Å²) in [6.45, 7) is 4.40. The van der Waals surface area contributed by atoms with Crippen molar-refractivity contribution in [3.05, 3.63) is 50.4 Å². The molecule has 0 saturated heterocycles. The van der Waals surface area contributed by atoms with Crippen molar-refractivity contribution in [1.82, 2.24) is 9.88 Å². The minimum Gasteiger partial charge on any atom is -0.395 e. The highest BCUT2D eigenvalue weighted by atomic mass is 79.9. The highest BCUT2D eigenvalue weighted by molar-refractivity contribution is 9.10. The number of halogens is 1. The lowest BCUT2D eigenvalue weighted by Gasteiger charge is -2.20. The third kappa shape index (κ3) is 4.38. The number of rotatable bonds is 6. The average molecular weight is 341 g/mol. The van der Waals surface area contributed by atoms with Crippen LogP contribution in [0, 0.1) is 6.92 Å². The molecule has 5 heteroatoms. The smallest absolute Gasteiger partial charge is 0.107 e. The van der Waals surface area contributed by atoms with E-state index in [0.29, 0.717) is 6.54 Å². The van der Waals surface area contributed by atoms with Gasteiger partial charge in [0.15, 0.2) is 0 Å². The molecular weight excluding hydrogens is 324 g/mol. The first-order chi connectivity index (χ1) is 9.19. The molecule has 1 aromatic heterocycles. The average Bonchev–Trinajstić information content (AvgIpc) is 2.78. The number of hydrogen-bond donors (Lipinski definition) is 1. The number of aromatic nitrogens is 1. The summed E-state index contributed by atoms with van der Waals surface area (Å²) in [5.41, 5.74) is 2.29. The number of aryl methyl sites for hydroxylation is 1. The number of hydrogen-bond acceptors (Lipinski definition) is 4. The predicted octanol–water partition coefficient (Wildman–Crippen LogP) is 3.21. The molecule has 0 spiro atoms. The standard InChI is InChI=1S/C14H17BrN2OS/c1-11-10-19-14(16-11)9-17(6-7-18)8-12-4-2-3-5-13(12)15/h2-5,10,18H,6-9H2,1H3. The van der Waals surface area contributed by atoms with Gasteiger partial charge >= 0.3 is 0 Å².